The smallest absolute Gasteiger partial charge is 0.235 e. The van der Waals surface area contributed by atoms with Crippen LogP contribution in [0.3, 0.4) is 0 Å². The van der Waals surface area contributed by atoms with E-state index in [2.05, 4.69) is 20.8 Å². The Morgan fingerprint density at radius 1 is 1.53 bits per heavy atom. The molecule has 1 aliphatic rings. The summed E-state index contributed by atoms with van der Waals surface area (Å²) in [7, 11) is 0. The molecule has 19 heavy (non-hydrogen) atoms. The second-order valence-electron chi connectivity index (χ2n) is 4.43. The number of amides is 1. The minimum Gasteiger partial charge on any atom is -0.312 e. The van der Waals surface area contributed by atoms with Gasteiger partial charge in [0.1, 0.15) is 0 Å². The molecule has 7 heteroatoms. The van der Waals surface area contributed by atoms with Crippen molar-refractivity contribution in [1.82, 2.24) is 19.9 Å². The van der Waals surface area contributed by atoms with Crippen LogP contribution in [-0.2, 0) is 4.79 Å². The minimum absolute atomic E-state index is 0.0295. The van der Waals surface area contributed by atoms with Gasteiger partial charge in [-0.25, -0.2) is 0 Å². The first-order chi connectivity index (χ1) is 9.33. The fraction of sp³-hybridized carbons (Fsp3) is 0.417. The first kappa shape index (κ1) is 12.4. The van der Waals surface area contributed by atoms with Gasteiger partial charge in [-0.05, 0) is 12.1 Å². The number of fused-ring (bicyclic) bond motifs is 1. The molecular formula is C12H15N5OS. The monoisotopic (exact) mass is 277 g/mol. The van der Waals surface area contributed by atoms with Crippen LogP contribution in [-0.4, -0.2) is 44.6 Å². The molecule has 2 N–H and O–H groups in total. The maximum Gasteiger partial charge on any atom is 0.235 e. The Morgan fingerprint density at radius 2 is 2.47 bits per heavy atom. The average Bonchev–Trinajstić information content (AvgIpc) is 2.83. The van der Waals surface area contributed by atoms with E-state index in [1.807, 2.05) is 36.2 Å². The molecule has 3 rings (SSSR count). The van der Waals surface area contributed by atoms with Crippen LogP contribution in [0, 0.1) is 0 Å². The van der Waals surface area contributed by atoms with E-state index in [1.54, 1.807) is 4.40 Å². The third-order valence-corrected chi connectivity index (χ3v) is 4.13. The second-order valence-corrected chi connectivity index (χ2v) is 5.58. The SMILES string of the molecule is O=C(CC1CSCCN1)Nc1nnc2ccccn12. The van der Waals surface area contributed by atoms with E-state index in [4.69, 9.17) is 0 Å². The van der Waals surface area contributed by atoms with Crippen LogP contribution in [0.2, 0.25) is 0 Å². The fourth-order valence-electron chi connectivity index (χ4n) is 2.08. The molecule has 1 atom stereocenters. The Balaban J connectivity index is 1.65. The topological polar surface area (TPSA) is 71.3 Å². The van der Waals surface area contributed by atoms with E-state index in [-0.39, 0.29) is 11.9 Å². The first-order valence-electron chi connectivity index (χ1n) is 6.24. The number of hydrogen-bond acceptors (Lipinski definition) is 5. The third kappa shape index (κ3) is 2.87. The lowest BCUT2D eigenvalue weighted by Gasteiger charge is -2.22. The summed E-state index contributed by atoms with van der Waals surface area (Å²) in [5.41, 5.74) is 0.726. The molecule has 100 valence electrons. The van der Waals surface area contributed by atoms with Gasteiger partial charge in [-0.1, -0.05) is 6.07 Å². The summed E-state index contributed by atoms with van der Waals surface area (Å²) in [6, 6.07) is 5.87. The van der Waals surface area contributed by atoms with Crippen molar-refractivity contribution in [3.8, 4) is 0 Å². The summed E-state index contributed by atoms with van der Waals surface area (Å²) < 4.78 is 1.76. The number of anilines is 1. The lowest BCUT2D eigenvalue weighted by molar-refractivity contribution is -0.116. The molecular weight excluding hydrogens is 262 g/mol. The highest BCUT2D eigenvalue weighted by Gasteiger charge is 2.17. The number of pyridine rings is 1. The highest BCUT2D eigenvalue weighted by molar-refractivity contribution is 7.99. The van der Waals surface area contributed by atoms with E-state index in [0.29, 0.717) is 12.4 Å². The van der Waals surface area contributed by atoms with Crippen molar-refractivity contribution >= 4 is 29.3 Å². The molecule has 0 aliphatic carbocycles. The number of carbonyl (C=O) groups excluding carboxylic acids is 1. The zero-order valence-electron chi connectivity index (χ0n) is 10.4. The number of carbonyl (C=O) groups is 1. The zero-order valence-corrected chi connectivity index (χ0v) is 11.2. The van der Waals surface area contributed by atoms with Crippen molar-refractivity contribution in [3.05, 3.63) is 24.4 Å². The fourth-order valence-corrected chi connectivity index (χ4v) is 3.03. The summed E-state index contributed by atoms with van der Waals surface area (Å²) >= 11 is 1.88. The summed E-state index contributed by atoms with van der Waals surface area (Å²) in [6.07, 6.45) is 2.30. The van der Waals surface area contributed by atoms with Gasteiger partial charge in [-0.2, -0.15) is 11.8 Å². The van der Waals surface area contributed by atoms with Gasteiger partial charge in [0.05, 0.1) is 0 Å². The molecule has 0 radical (unpaired) electrons. The standard InChI is InChI=1S/C12H15N5OS/c18-11(7-9-8-19-6-4-13-9)14-12-16-15-10-3-1-2-5-17(10)12/h1-3,5,9,13H,4,6-8H2,(H,14,16,18). The predicted molar refractivity (Wildman–Crippen MR) is 75.3 cm³/mol. The lowest BCUT2D eigenvalue weighted by atomic mass is 10.2. The molecule has 0 bridgehead atoms. The van der Waals surface area contributed by atoms with Gasteiger partial charge in [0.15, 0.2) is 5.65 Å². The van der Waals surface area contributed by atoms with Gasteiger partial charge in [0, 0.05) is 36.7 Å². The number of rotatable bonds is 3. The molecule has 2 aromatic rings. The number of nitrogens with zero attached hydrogens (tertiary/aromatic N) is 3. The van der Waals surface area contributed by atoms with Crippen molar-refractivity contribution in [2.75, 3.05) is 23.4 Å². The van der Waals surface area contributed by atoms with Gasteiger partial charge in [0.2, 0.25) is 11.9 Å². The van der Waals surface area contributed by atoms with E-state index in [0.717, 1.165) is 23.7 Å². The zero-order chi connectivity index (χ0) is 13.1. The Bertz CT molecular complexity index is 578. The summed E-state index contributed by atoms with van der Waals surface area (Å²) in [5, 5.41) is 14.1. The van der Waals surface area contributed by atoms with E-state index < -0.39 is 0 Å². The van der Waals surface area contributed by atoms with E-state index in [1.165, 1.54) is 0 Å². The molecule has 1 aliphatic heterocycles. The average molecular weight is 277 g/mol. The number of aromatic nitrogens is 3. The molecule has 0 saturated carbocycles. The maximum atomic E-state index is 12.0. The molecule has 1 saturated heterocycles. The molecule has 3 heterocycles. The highest BCUT2D eigenvalue weighted by atomic mass is 32.2. The number of hydrogen-bond donors (Lipinski definition) is 2. The quantitative estimate of drug-likeness (QED) is 0.867. The van der Waals surface area contributed by atoms with Crippen molar-refractivity contribution in [2.45, 2.75) is 12.5 Å². The van der Waals surface area contributed by atoms with E-state index in [9.17, 15) is 4.79 Å². The summed E-state index contributed by atoms with van der Waals surface area (Å²) in [5.74, 6) is 2.54. The Morgan fingerprint density at radius 3 is 3.32 bits per heavy atom. The molecule has 1 unspecified atom stereocenters. The first-order valence-corrected chi connectivity index (χ1v) is 7.39. The molecule has 1 amide bonds. The van der Waals surface area contributed by atoms with E-state index >= 15 is 0 Å². The third-order valence-electron chi connectivity index (χ3n) is 3.00. The minimum atomic E-state index is -0.0295. The molecule has 6 nitrogen and oxygen atoms in total. The Labute approximate surface area is 115 Å². The van der Waals surface area contributed by atoms with Crippen molar-refractivity contribution in [1.29, 1.82) is 0 Å². The molecule has 0 aromatic carbocycles. The Hall–Kier alpha value is -1.60. The van der Waals surface area contributed by atoms with Gasteiger partial charge in [-0.3, -0.25) is 14.5 Å². The largest absolute Gasteiger partial charge is 0.312 e. The van der Waals surface area contributed by atoms with Gasteiger partial charge in [-0.15, -0.1) is 10.2 Å². The van der Waals surface area contributed by atoms with Crippen LogP contribution in [0.4, 0.5) is 5.95 Å². The molecule has 0 spiro atoms. The van der Waals surface area contributed by atoms with Gasteiger partial charge < -0.3 is 5.32 Å². The van der Waals surface area contributed by atoms with Crippen molar-refractivity contribution < 1.29 is 4.79 Å². The van der Waals surface area contributed by atoms with Crippen LogP contribution in [0.5, 0.6) is 0 Å². The summed E-state index contributed by atoms with van der Waals surface area (Å²) in [4.78, 5) is 12.0. The van der Waals surface area contributed by atoms with Crippen LogP contribution >= 0.6 is 11.8 Å². The molecule has 2 aromatic heterocycles. The second kappa shape index (κ2) is 5.58. The maximum absolute atomic E-state index is 12.0. The van der Waals surface area contributed by atoms with Crippen LogP contribution in [0.25, 0.3) is 5.65 Å². The van der Waals surface area contributed by atoms with Crippen LogP contribution < -0.4 is 10.6 Å². The predicted octanol–water partition coefficient (Wildman–Crippen LogP) is 0.763. The normalized spacial score (nSPS) is 19.5. The number of nitrogens with one attached hydrogen (secondary N) is 2. The Kier molecular flexibility index (Phi) is 3.65. The van der Waals surface area contributed by atoms with Crippen LogP contribution in [0.15, 0.2) is 24.4 Å². The van der Waals surface area contributed by atoms with Gasteiger partial charge in [0.25, 0.3) is 0 Å². The van der Waals surface area contributed by atoms with Crippen molar-refractivity contribution in [3.63, 3.8) is 0 Å². The van der Waals surface area contributed by atoms with Gasteiger partial charge >= 0.3 is 0 Å². The number of thioether (sulfide) groups is 1. The highest BCUT2D eigenvalue weighted by Crippen LogP contribution is 2.12. The van der Waals surface area contributed by atoms with Crippen LogP contribution in [0.1, 0.15) is 6.42 Å². The molecule has 1 fully saturated rings. The summed E-state index contributed by atoms with van der Waals surface area (Å²) in [6.45, 7) is 0.969. The lowest BCUT2D eigenvalue weighted by Crippen LogP contribution is -2.40. The van der Waals surface area contributed by atoms with Crippen molar-refractivity contribution in [2.24, 2.45) is 0 Å².